The number of carbonyl (C=O) groups is 1. The Morgan fingerprint density at radius 3 is 2.41 bits per heavy atom. The number of aromatic nitrogens is 3. The summed E-state index contributed by atoms with van der Waals surface area (Å²) in [7, 11) is 4.69. The van der Waals surface area contributed by atoms with E-state index in [0.29, 0.717) is 28.9 Å². The van der Waals surface area contributed by atoms with Crippen molar-refractivity contribution in [3.8, 4) is 22.9 Å². The van der Waals surface area contributed by atoms with E-state index in [9.17, 15) is 4.79 Å². The second-order valence-electron chi connectivity index (χ2n) is 5.90. The molecule has 0 unspecified atom stereocenters. The highest BCUT2D eigenvalue weighted by Crippen LogP contribution is 2.34. The molecule has 0 spiro atoms. The Morgan fingerprint density at radius 2 is 1.72 bits per heavy atom. The van der Waals surface area contributed by atoms with Gasteiger partial charge in [-0.25, -0.2) is 0 Å². The van der Waals surface area contributed by atoms with Gasteiger partial charge < -0.3 is 19.5 Å². The lowest BCUT2D eigenvalue weighted by Crippen LogP contribution is -2.25. The van der Waals surface area contributed by atoms with Gasteiger partial charge in [-0.15, -0.1) is 10.2 Å². The molecule has 0 aliphatic rings. The van der Waals surface area contributed by atoms with Crippen LogP contribution in [0.5, 0.6) is 17.2 Å². The van der Waals surface area contributed by atoms with E-state index in [0.717, 1.165) is 11.3 Å². The number of nitrogens with zero attached hydrogens (tertiary/aromatic N) is 3. The van der Waals surface area contributed by atoms with E-state index >= 15 is 0 Å². The summed E-state index contributed by atoms with van der Waals surface area (Å²) in [5, 5.41) is 11.6. The van der Waals surface area contributed by atoms with Gasteiger partial charge in [0.15, 0.2) is 16.7 Å². The van der Waals surface area contributed by atoms with Gasteiger partial charge >= 0.3 is 0 Å². The van der Waals surface area contributed by atoms with Gasteiger partial charge in [0.1, 0.15) is 12.1 Å². The van der Waals surface area contributed by atoms with Crippen molar-refractivity contribution < 1.29 is 19.0 Å². The number of rotatable bonds is 9. The first kappa shape index (κ1) is 20.5. The van der Waals surface area contributed by atoms with Crippen LogP contribution in [0.15, 0.2) is 53.9 Å². The zero-order chi connectivity index (χ0) is 20.6. The number of methoxy groups -OCH3 is 3. The van der Waals surface area contributed by atoms with E-state index in [-0.39, 0.29) is 11.7 Å². The second-order valence-corrected chi connectivity index (χ2v) is 6.85. The fraction of sp³-hybridized carbons (Fsp3) is 0.250. The van der Waals surface area contributed by atoms with Crippen molar-refractivity contribution in [3.05, 3.63) is 54.4 Å². The first-order valence-electron chi connectivity index (χ1n) is 8.80. The smallest absolute Gasteiger partial charge is 0.230 e. The van der Waals surface area contributed by atoms with E-state index in [1.165, 1.54) is 11.8 Å². The molecule has 2 aromatic carbocycles. The molecular weight excluding hydrogens is 392 g/mol. The highest BCUT2D eigenvalue weighted by atomic mass is 32.2. The number of amides is 1. The van der Waals surface area contributed by atoms with Crippen LogP contribution in [0.4, 0.5) is 0 Å². The van der Waals surface area contributed by atoms with Crippen LogP contribution in [0, 0.1) is 0 Å². The quantitative estimate of drug-likeness (QED) is 0.539. The molecule has 3 aromatic rings. The van der Waals surface area contributed by atoms with Gasteiger partial charge in [-0.1, -0.05) is 30.0 Å². The molecule has 0 bridgehead atoms. The molecule has 0 aliphatic heterocycles. The van der Waals surface area contributed by atoms with E-state index in [1.807, 2.05) is 34.9 Å². The lowest BCUT2D eigenvalue weighted by molar-refractivity contribution is -0.118. The van der Waals surface area contributed by atoms with Crippen LogP contribution in [-0.2, 0) is 11.3 Å². The fourth-order valence-electron chi connectivity index (χ4n) is 2.69. The minimum atomic E-state index is -0.130. The maximum Gasteiger partial charge on any atom is 0.230 e. The number of benzene rings is 2. The number of nitrogens with one attached hydrogen (secondary N) is 1. The molecule has 1 N–H and O–H groups in total. The molecule has 152 valence electrons. The van der Waals surface area contributed by atoms with Crippen LogP contribution in [-0.4, -0.2) is 47.8 Å². The molecule has 9 heteroatoms. The van der Waals surface area contributed by atoms with Crippen LogP contribution < -0.4 is 19.5 Å². The molecule has 1 amide bonds. The normalized spacial score (nSPS) is 10.4. The Bertz CT molecular complexity index is 962. The molecule has 0 saturated heterocycles. The SMILES string of the molecule is COc1cc(OC)c(OC)cc1CNC(=O)CSc1nncn1-c1ccccc1. The molecule has 1 aromatic heterocycles. The summed E-state index contributed by atoms with van der Waals surface area (Å²) in [6, 6.07) is 13.2. The predicted octanol–water partition coefficient (Wildman–Crippen LogP) is 2.70. The minimum Gasteiger partial charge on any atom is -0.496 e. The van der Waals surface area contributed by atoms with Crippen LogP contribution in [0.2, 0.25) is 0 Å². The Morgan fingerprint density at radius 1 is 1.03 bits per heavy atom. The van der Waals surface area contributed by atoms with Gasteiger partial charge in [0, 0.05) is 23.9 Å². The van der Waals surface area contributed by atoms with Gasteiger partial charge in [-0.2, -0.15) is 0 Å². The largest absolute Gasteiger partial charge is 0.496 e. The zero-order valence-corrected chi connectivity index (χ0v) is 17.2. The lowest BCUT2D eigenvalue weighted by Gasteiger charge is -2.14. The summed E-state index contributed by atoms with van der Waals surface area (Å²) in [4.78, 5) is 12.4. The van der Waals surface area contributed by atoms with Crippen molar-refractivity contribution >= 4 is 17.7 Å². The van der Waals surface area contributed by atoms with Crippen LogP contribution in [0.3, 0.4) is 0 Å². The average Bonchev–Trinajstić information content (AvgIpc) is 3.24. The third-order valence-corrected chi connectivity index (χ3v) is 5.09. The van der Waals surface area contributed by atoms with Crippen molar-refractivity contribution in [2.45, 2.75) is 11.7 Å². The van der Waals surface area contributed by atoms with Gasteiger partial charge in [0.25, 0.3) is 0 Å². The summed E-state index contributed by atoms with van der Waals surface area (Å²) in [6.45, 7) is 0.300. The molecule has 0 fully saturated rings. The number of hydrogen-bond acceptors (Lipinski definition) is 7. The molecule has 3 rings (SSSR count). The first-order valence-corrected chi connectivity index (χ1v) is 9.78. The monoisotopic (exact) mass is 414 g/mol. The van der Waals surface area contributed by atoms with Crippen molar-refractivity contribution in [2.24, 2.45) is 0 Å². The maximum absolute atomic E-state index is 12.4. The van der Waals surface area contributed by atoms with Crippen molar-refractivity contribution in [3.63, 3.8) is 0 Å². The van der Waals surface area contributed by atoms with Crippen molar-refractivity contribution in [1.29, 1.82) is 0 Å². The summed E-state index contributed by atoms with van der Waals surface area (Å²) < 4.78 is 17.8. The Hall–Kier alpha value is -3.20. The van der Waals surface area contributed by atoms with Crippen molar-refractivity contribution in [2.75, 3.05) is 27.1 Å². The summed E-state index contributed by atoms with van der Waals surface area (Å²) >= 11 is 1.32. The molecule has 0 radical (unpaired) electrons. The number of ether oxygens (including phenoxy) is 3. The highest BCUT2D eigenvalue weighted by Gasteiger charge is 2.14. The zero-order valence-electron chi connectivity index (χ0n) is 16.4. The summed E-state index contributed by atoms with van der Waals surface area (Å²) in [6.07, 6.45) is 1.63. The van der Waals surface area contributed by atoms with Crippen molar-refractivity contribution in [1.82, 2.24) is 20.1 Å². The van der Waals surface area contributed by atoms with E-state index in [4.69, 9.17) is 14.2 Å². The molecule has 1 heterocycles. The number of hydrogen-bond donors (Lipinski definition) is 1. The maximum atomic E-state index is 12.4. The molecule has 0 aliphatic carbocycles. The van der Waals surface area contributed by atoms with E-state index in [1.54, 1.807) is 39.8 Å². The second kappa shape index (κ2) is 9.83. The molecular formula is C20H22N4O4S. The Kier molecular flexibility index (Phi) is 6.96. The third kappa shape index (κ3) is 5.00. The summed E-state index contributed by atoms with van der Waals surface area (Å²) in [5.74, 6) is 1.83. The van der Waals surface area contributed by atoms with Crippen LogP contribution >= 0.6 is 11.8 Å². The fourth-order valence-corrected chi connectivity index (χ4v) is 3.45. The predicted molar refractivity (Wildman–Crippen MR) is 110 cm³/mol. The molecule has 0 atom stereocenters. The topological polar surface area (TPSA) is 87.5 Å². The average molecular weight is 414 g/mol. The number of carbonyl (C=O) groups excluding carboxylic acids is 1. The summed E-state index contributed by atoms with van der Waals surface area (Å²) in [5.41, 5.74) is 1.73. The molecule has 29 heavy (non-hydrogen) atoms. The van der Waals surface area contributed by atoms with Crippen LogP contribution in [0.1, 0.15) is 5.56 Å². The van der Waals surface area contributed by atoms with Gasteiger partial charge in [0.2, 0.25) is 5.91 Å². The van der Waals surface area contributed by atoms with Gasteiger partial charge in [0.05, 0.1) is 27.1 Å². The Labute approximate surface area is 173 Å². The standard InChI is InChI=1S/C20H22N4O4S/c1-26-16-10-18(28-3)17(27-2)9-14(16)11-21-19(25)12-29-20-23-22-13-24(20)15-7-5-4-6-8-15/h4-10,13H,11-12H2,1-3H3,(H,21,25). The molecule has 8 nitrogen and oxygen atoms in total. The minimum absolute atomic E-state index is 0.130. The number of para-hydroxylation sites is 1. The van der Waals surface area contributed by atoms with Crippen LogP contribution in [0.25, 0.3) is 5.69 Å². The number of thioether (sulfide) groups is 1. The van der Waals surface area contributed by atoms with Gasteiger partial charge in [-0.05, 0) is 18.2 Å². The van der Waals surface area contributed by atoms with E-state index in [2.05, 4.69) is 15.5 Å². The third-order valence-electron chi connectivity index (χ3n) is 4.15. The highest BCUT2D eigenvalue weighted by molar-refractivity contribution is 7.99. The Balaban J connectivity index is 1.61. The van der Waals surface area contributed by atoms with E-state index < -0.39 is 0 Å². The lowest BCUT2D eigenvalue weighted by atomic mass is 10.1. The molecule has 0 saturated carbocycles. The first-order chi connectivity index (χ1) is 14.2. The van der Waals surface area contributed by atoms with Gasteiger partial charge in [-0.3, -0.25) is 9.36 Å².